The number of carboxylic acid groups (broad SMARTS) is 1. The first-order valence-electron chi connectivity index (χ1n) is 5.25. The smallest absolute Gasteiger partial charge is 0.323 e. The number of carbonyl (C=O) groups is 1. The summed E-state index contributed by atoms with van der Waals surface area (Å²) in [7, 11) is 0. The van der Waals surface area contributed by atoms with Gasteiger partial charge in [0, 0.05) is 6.42 Å². The van der Waals surface area contributed by atoms with E-state index in [1.54, 1.807) is 19.1 Å². The maximum atomic E-state index is 13.5. The zero-order valence-electron chi connectivity index (χ0n) is 9.87. The average Bonchev–Trinajstić information content (AvgIpc) is 2.24. The highest BCUT2D eigenvalue weighted by molar-refractivity contribution is 5.77. The van der Waals surface area contributed by atoms with Crippen molar-refractivity contribution in [2.45, 2.75) is 25.8 Å². The van der Waals surface area contributed by atoms with Gasteiger partial charge in [-0.3, -0.25) is 4.79 Å². The van der Waals surface area contributed by atoms with Crippen molar-refractivity contribution >= 4 is 5.97 Å². The lowest BCUT2D eigenvalue weighted by Gasteiger charge is -2.19. The van der Waals surface area contributed by atoms with Gasteiger partial charge in [0.2, 0.25) is 0 Å². The fourth-order valence-electron chi connectivity index (χ4n) is 1.21. The molecule has 0 spiro atoms. The summed E-state index contributed by atoms with van der Waals surface area (Å²) in [5.41, 5.74) is 4.64. The minimum atomic E-state index is -1.36. The molecule has 94 valence electrons. The lowest BCUT2D eigenvalue weighted by atomic mass is 10.0. The second-order valence-electron chi connectivity index (χ2n) is 4.21. The van der Waals surface area contributed by atoms with Gasteiger partial charge >= 0.3 is 5.97 Å². The van der Waals surface area contributed by atoms with Crippen LogP contribution in [0.5, 0.6) is 5.75 Å². The van der Waals surface area contributed by atoms with Crippen molar-refractivity contribution < 1.29 is 19.0 Å². The minimum absolute atomic E-state index is 0.0552. The zero-order chi connectivity index (χ0) is 13.1. The summed E-state index contributed by atoms with van der Waals surface area (Å²) in [6.45, 7) is 3.08. The van der Waals surface area contributed by atoms with E-state index in [0.717, 1.165) is 0 Å². The molecule has 0 bridgehead atoms. The molecule has 17 heavy (non-hydrogen) atoms. The van der Waals surface area contributed by atoms with Crippen LogP contribution in [0.25, 0.3) is 0 Å². The van der Waals surface area contributed by atoms with Crippen molar-refractivity contribution in [1.29, 1.82) is 0 Å². The summed E-state index contributed by atoms with van der Waals surface area (Å²) in [6, 6.07) is 4.80. The predicted octanol–water partition coefficient (Wildman–Crippen LogP) is 1.71. The Balaban J connectivity index is 2.58. The number of carboxylic acids is 1. The van der Waals surface area contributed by atoms with Crippen LogP contribution in [0, 0.1) is 12.7 Å². The van der Waals surface area contributed by atoms with Gasteiger partial charge in [-0.1, -0.05) is 12.1 Å². The van der Waals surface area contributed by atoms with Gasteiger partial charge in [-0.2, -0.15) is 0 Å². The molecule has 3 N–H and O–H groups in total. The van der Waals surface area contributed by atoms with Gasteiger partial charge in [-0.05, 0) is 25.5 Å². The largest absolute Gasteiger partial charge is 0.490 e. The topological polar surface area (TPSA) is 72.5 Å². The normalized spacial score (nSPS) is 14.1. The quantitative estimate of drug-likeness (QED) is 0.823. The van der Waals surface area contributed by atoms with Crippen LogP contribution in [-0.2, 0) is 4.79 Å². The van der Waals surface area contributed by atoms with E-state index < -0.39 is 17.3 Å². The van der Waals surface area contributed by atoms with Gasteiger partial charge in [0.25, 0.3) is 0 Å². The first-order chi connectivity index (χ1) is 7.84. The molecule has 1 atom stereocenters. The number of halogens is 1. The molecule has 4 nitrogen and oxygen atoms in total. The van der Waals surface area contributed by atoms with Crippen LogP contribution in [0.2, 0.25) is 0 Å². The van der Waals surface area contributed by atoms with Crippen molar-refractivity contribution in [1.82, 2.24) is 0 Å². The van der Waals surface area contributed by atoms with Crippen molar-refractivity contribution in [2.24, 2.45) is 5.73 Å². The lowest BCUT2D eigenvalue weighted by Crippen LogP contribution is -2.45. The SMILES string of the molecule is Cc1cccc(OCCC(C)(N)C(=O)O)c1F. The Hall–Kier alpha value is -1.62. The van der Waals surface area contributed by atoms with E-state index in [4.69, 9.17) is 15.6 Å². The van der Waals surface area contributed by atoms with Crippen LogP contribution >= 0.6 is 0 Å². The molecule has 1 unspecified atom stereocenters. The Bertz CT molecular complexity index is 418. The molecule has 0 fully saturated rings. The number of hydrogen-bond donors (Lipinski definition) is 2. The number of rotatable bonds is 5. The molecule has 1 aromatic rings. The maximum absolute atomic E-state index is 13.5. The van der Waals surface area contributed by atoms with E-state index in [2.05, 4.69) is 0 Å². The molecular weight excluding hydrogens is 225 g/mol. The molecule has 1 rings (SSSR count). The molecule has 0 aliphatic heterocycles. The van der Waals surface area contributed by atoms with Gasteiger partial charge in [0.05, 0.1) is 6.61 Å². The van der Waals surface area contributed by atoms with Gasteiger partial charge in [0.1, 0.15) is 5.54 Å². The van der Waals surface area contributed by atoms with Crippen LogP contribution in [0.1, 0.15) is 18.9 Å². The summed E-state index contributed by atoms with van der Waals surface area (Å²) >= 11 is 0. The monoisotopic (exact) mass is 241 g/mol. The fraction of sp³-hybridized carbons (Fsp3) is 0.417. The Labute approximate surface area is 99.2 Å². The van der Waals surface area contributed by atoms with E-state index in [-0.39, 0.29) is 18.8 Å². The Morgan fingerprint density at radius 3 is 2.82 bits per heavy atom. The van der Waals surface area contributed by atoms with Gasteiger partial charge in [-0.25, -0.2) is 4.39 Å². The molecule has 0 amide bonds. The third kappa shape index (κ3) is 3.42. The van der Waals surface area contributed by atoms with E-state index >= 15 is 0 Å². The van der Waals surface area contributed by atoms with Crippen LogP contribution in [0.4, 0.5) is 4.39 Å². The van der Waals surface area contributed by atoms with E-state index in [9.17, 15) is 9.18 Å². The molecule has 0 radical (unpaired) electrons. The Morgan fingerprint density at radius 1 is 1.59 bits per heavy atom. The lowest BCUT2D eigenvalue weighted by molar-refractivity contribution is -0.143. The minimum Gasteiger partial charge on any atom is -0.490 e. The summed E-state index contributed by atoms with van der Waals surface area (Å²) < 4.78 is 18.7. The van der Waals surface area contributed by atoms with Crippen molar-refractivity contribution in [3.8, 4) is 5.75 Å². The number of hydrogen-bond acceptors (Lipinski definition) is 3. The maximum Gasteiger partial charge on any atom is 0.323 e. The highest BCUT2D eigenvalue weighted by Crippen LogP contribution is 2.20. The van der Waals surface area contributed by atoms with Crippen LogP contribution in [0.15, 0.2) is 18.2 Å². The zero-order valence-corrected chi connectivity index (χ0v) is 9.87. The van der Waals surface area contributed by atoms with Crippen LogP contribution in [-0.4, -0.2) is 23.2 Å². The molecule has 0 saturated carbocycles. The summed E-state index contributed by atoms with van der Waals surface area (Å²) in [5.74, 6) is -1.42. The highest BCUT2D eigenvalue weighted by Gasteiger charge is 2.27. The number of benzene rings is 1. The summed E-state index contributed by atoms with van der Waals surface area (Å²) in [4.78, 5) is 10.7. The van der Waals surface area contributed by atoms with Gasteiger partial charge in [-0.15, -0.1) is 0 Å². The standard InChI is InChI=1S/C12H16FNO3/c1-8-4-3-5-9(10(8)13)17-7-6-12(2,14)11(15)16/h3-5H,6-7,14H2,1-2H3,(H,15,16). The molecule has 1 aromatic carbocycles. The van der Waals surface area contributed by atoms with E-state index in [1.807, 2.05) is 0 Å². The van der Waals surface area contributed by atoms with Gasteiger partial charge in [0.15, 0.2) is 11.6 Å². The summed E-state index contributed by atoms with van der Waals surface area (Å²) in [6.07, 6.45) is 0.107. The molecular formula is C12H16FNO3. The number of nitrogens with two attached hydrogens (primary N) is 1. The second kappa shape index (κ2) is 5.14. The first-order valence-corrected chi connectivity index (χ1v) is 5.25. The molecule has 0 aliphatic rings. The highest BCUT2D eigenvalue weighted by atomic mass is 19.1. The fourth-order valence-corrected chi connectivity index (χ4v) is 1.21. The predicted molar refractivity (Wildman–Crippen MR) is 61.5 cm³/mol. The van der Waals surface area contributed by atoms with Crippen LogP contribution in [0.3, 0.4) is 0 Å². The molecule has 0 saturated heterocycles. The van der Waals surface area contributed by atoms with Gasteiger partial charge < -0.3 is 15.6 Å². The molecule has 0 aromatic heterocycles. The van der Waals surface area contributed by atoms with E-state index in [0.29, 0.717) is 5.56 Å². The number of aliphatic carboxylic acids is 1. The van der Waals surface area contributed by atoms with E-state index in [1.165, 1.54) is 13.0 Å². The molecule has 0 aliphatic carbocycles. The third-order valence-corrected chi connectivity index (χ3v) is 2.52. The first kappa shape index (κ1) is 13.4. The number of ether oxygens (including phenoxy) is 1. The second-order valence-corrected chi connectivity index (χ2v) is 4.21. The third-order valence-electron chi connectivity index (χ3n) is 2.52. The average molecular weight is 241 g/mol. The Morgan fingerprint density at radius 2 is 2.24 bits per heavy atom. The summed E-state index contributed by atoms with van der Waals surface area (Å²) in [5, 5.41) is 8.78. The van der Waals surface area contributed by atoms with Crippen molar-refractivity contribution in [2.75, 3.05) is 6.61 Å². The molecule has 0 heterocycles. The van der Waals surface area contributed by atoms with Crippen molar-refractivity contribution in [3.05, 3.63) is 29.6 Å². The number of aryl methyl sites for hydroxylation is 1. The van der Waals surface area contributed by atoms with Crippen molar-refractivity contribution in [3.63, 3.8) is 0 Å². The molecule has 5 heteroatoms. The van der Waals surface area contributed by atoms with Crippen LogP contribution < -0.4 is 10.5 Å². The Kier molecular flexibility index (Phi) is 4.07.